The van der Waals surface area contributed by atoms with Gasteiger partial charge in [-0.05, 0) is 32.6 Å². The molecule has 0 aliphatic rings. The summed E-state index contributed by atoms with van der Waals surface area (Å²) in [6.45, 7) is 11.7. The highest BCUT2D eigenvalue weighted by Gasteiger charge is 2.25. The Balaban J connectivity index is 3.56. The Labute approximate surface area is 79.2 Å². The molecule has 2 nitrogen and oxygen atoms in total. The van der Waals surface area contributed by atoms with Crippen LogP contribution in [0, 0.1) is 0 Å². The van der Waals surface area contributed by atoms with Gasteiger partial charge in [-0.15, -0.1) is 0 Å². The Bertz CT molecular complexity index is 116. The van der Waals surface area contributed by atoms with Gasteiger partial charge in [0, 0.05) is 6.61 Å². The maximum absolute atomic E-state index is 5.84. The van der Waals surface area contributed by atoms with E-state index < -0.39 is 17.6 Å². The van der Waals surface area contributed by atoms with E-state index in [0.717, 1.165) is 13.0 Å². The van der Waals surface area contributed by atoms with Crippen LogP contribution in [0.25, 0.3) is 0 Å². The molecule has 0 saturated heterocycles. The molecular weight excluding hydrogens is 184 g/mol. The van der Waals surface area contributed by atoms with Gasteiger partial charge in [-0.3, -0.25) is 0 Å². The average Bonchev–Trinajstić information content (AvgIpc) is 1.84. The van der Waals surface area contributed by atoms with Gasteiger partial charge >= 0.3 is 8.56 Å². The maximum Gasteiger partial charge on any atom is 0.321 e. The van der Waals surface area contributed by atoms with Crippen molar-refractivity contribution in [3.63, 3.8) is 0 Å². The standard InChI is InChI=1S/C8H22O2Si2/c1-6-7-8-9-12(4,5)10-11(2)3/h11H,6-8H2,1-5H3. The fourth-order valence-electron chi connectivity index (χ4n) is 1.06. The zero-order valence-corrected chi connectivity index (χ0v) is 11.2. The third-order valence-electron chi connectivity index (χ3n) is 1.47. The van der Waals surface area contributed by atoms with E-state index in [9.17, 15) is 0 Å². The highest BCUT2D eigenvalue weighted by molar-refractivity contribution is 6.72. The van der Waals surface area contributed by atoms with E-state index in [-0.39, 0.29) is 0 Å². The second-order valence-electron chi connectivity index (χ2n) is 3.77. The minimum atomic E-state index is -1.74. The maximum atomic E-state index is 5.84. The predicted molar refractivity (Wildman–Crippen MR) is 58.3 cm³/mol. The van der Waals surface area contributed by atoms with E-state index in [0.29, 0.717) is 0 Å². The second kappa shape index (κ2) is 5.91. The Morgan fingerprint density at radius 2 is 1.83 bits per heavy atom. The molecule has 0 bridgehead atoms. The van der Waals surface area contributed by atoms with Crippen LogP contribution in [0.1, 0.15) is 19.8 Å². The van der Waals surface area contributed by atoms with Gasteiger partial charge in [-0.2, -0.15) is 0 Å². The predicted octanol–water partition coefficient (Wildman–Crippen LogP) is 2.50. The fraction of sp³-hybridized carbons (Fsp3) is 1.00. The van der Waals surface area contributed by atoms with Gasteiger partial charge in [0.25, 0.3) is 0 Å². The topological polar surface area (TPSA) is 18.5 Å². The van der Waals surface area contributed by atoms with Gasteiger partial charge in [-0.25, -0.2) is 0 Å². The number of hydrogen-bond acceptors (Lipinski definition) is 2. The van der Waals surface area contributed by atoms with Gasteiger partial charge in [0.15, 0.2) is 9.04 Å². The first-order valence-corrected chi connectivity index (χ1v) is 10.4. The molecule has 4 heteroatoms. The Morgan fingerprint density at radius 1 is 1.25 bits per heavy atom. The molecule has 0 amide bonds. The zero-order chi connectivity index (χ0) is 9.61. The molecule has 0 fully saturated rings. The van der Waals surface area contributed by atoms with Crippen molar-refractivity contribution in [2.24, 2.45) is 0 Å². The summed E-state index contributed by atoms with van der Waals surface area (Å²) in [5.41, 5.74) is 0. The normalized spacial score (nSPS) is 12.5. The van der Waals surface area contributed by atoms with E-state index in [1.807, 2.05) is 0 Å². The summed E-state index contributed by atoms with van der Waals surface area (Å²) in [4.78, 5) is 0. The second-order valence-corrected chi connectivity index (χ2v) is 9.90. The SMILES string of the molecule is CCCCO[Si](C)(C)O[SiH](C)C. The molecule has 0 aromatic rings. The highest BCUT2D eigenvalue weighted by atomic mass is 28.4. The van der Waals surface area contributed by atoms with Gasteiger partial charge < -0.3 is 8.54 Å². The van der Waals surface area contributed by atoms with Crippen LogP contribution >= 0.6 is 0 Å². The van der Waals surface area contributed by atoms with Crippen LogP contribution in [0.15, 0.2) is 0 Å². The molecular formula is C8H22O2Si2. The van der Waals surface area contributed by atoms with Crippen molar-refractivity contribution in [3.05, 3.63) is 0 Å². The lowest BCUT2D eigenvalue weighted by atomic mass is 10.4. The quantitative estimate of drug-likeness (QED) is 0.491. The minimum absolute atomic E-state index is 0.872. The third-order valence-corrected chi connectivity index (χ3v) is 6.52. The van der Waals surface area contributed by atoms with E-state index in [2.05, 4.69) is 33.1 Å². The van der Waals surface area contributed by atoms with E-state index in [1.165, 1.54) is 6.42 Å². The van der Waals surface area contributed by atoms with Crippen LogP contribution in [0.2, 0.25) is 26.2 Å². The summed E-state index contributed by atoms with van der Waals surface area (Å²) >= 11 is 0. The molecule has 0 aromatic heterocycles. The molecule has 0 aliphatic heterocycles. The summed E-state index contributed by atoms with van der Waals surface area (Å²) in [7, 11) is -2.65. The molecule has 12 heavy (non-hydrogen) atoms. The molecule has 0 N–H and O–H groups in total. The van der Waals surface area contributed by atoms with Crippen LogP contribution in [0.5, 0.6) is 0 Å². The van der Waals surface area contributed by atoms with Crippen LogP contribution in [0.4, 0.5) is 0 Å². The number of unbranched alkanes of at least 4 members (excludes halogenated alkanes) is 1. The molecule has 0 spiro atoms. The Kier molecular flexibility index (Phi) is 6.08. The smallest absolute Gasteiger partial charge is 0.321 e. The van der Waals surface area contributed by atoms with Crippen LogP contribution in [-0.2, 0) is 8.54 Å². The first kappa shape index (κ1) is 12.4. The number of hydrogen-bond donors (Lipinski definition) is 0. The molecule has 0 atom stereocenters. The van der Waals surface area contributed by atoms with Gasteiger partial charge in [0.1, 0.15) is 0 Å². The lowest BCUT2D eigenvalue weighted by Crippen LogP contribution is -2.39. The molecule has 0 unspecified atom stereocenters. The summed E-state index contributed by atoms with van der Waals surface area (Å²) in [5, 5.41) is 0. The van der Waals surface area contributed by atoms with E-state index in [4.69, 9.17) is 8.54 Å². The van der Waals surface area contributed by atoms with Crippen molar-refractivity contribution in [1.29, 1.82) is 0 Å². The van der Waals surface area contributed by atoms with Crippen molar-refractivity contribution in [3.8, 4) is 0 Å². The number of rotatable bonds is 6. The van der Waals surface area contributed by atoms with Crippen molar-refractivity contribution < 1.29 is 8.54 Å². The summed E-state index contributed by atoms with van der Waals surface area (Å²) < 4.78 is 11.6. The first-order chi connectivity index (χ1) is 5.48. The summed E-state index contributed by atoms with van der Waals surface area (Å²) in [6.07, 6.45) is 2.35. The van der Waals surface area contributed by atoms with Crippen LogP contribution in [-0.4, -0.2) is 24.2 Å². The van der Waals surface area contributed by atoms with E-state index >= 15 is 0 Å². The van der Waals surface area contributed by atoms with Crippen LogP contribution < -0.4 is 0 Å². The first-order valence-electron chi connectivity index (χ1n) is 4.79. The van der Waals surface area contributed by atoms with E-state index in [1.54, 1.807) is 0 Å². The third kappa shape index (κ3) is 7.03. The van der Waals surface area contributed by atoms with Crippen molar-refractivity contribution >= 4 is 17.6 Å². The molecule has 0 saturated carbocycles. The van der Waals surface area contributed by atoms with Gasteiger partial charge in [-0.1, -0.05) is 13.3 Å². The fourth-order valence-corrected chi connectivity index (χ4v) is 6.51. The van der Waals surface area contributed by atoms with Crippen molar-refractivity contribution in [2.45, 2.75) is 46.0 Å². The molecule has 0 rings (SSSR count). The van der Waals surface area contributed by atoms with Crippen LogP contribution in [0.3, 0.4) is 0 Å². The highest BCUT2D eigenvalue weighted by Crippen LogP contribution is 2.08. The molecule has 0 heterocycles. The lowest BCUT2D eigenvalue weighted by molar-refractivity contribution is 0.244. The molecule has 0 radical (unpaired) electrons. The molecule has 0 aromatic carbocycles. The average molecular weight is 206 g/mol. The van der Waals surface area contributed by atoms with Gasteiger partial charge in [0.05, 0.1) is 0 Å². The van der Waals surface area contributed by atoms with Crippen molar-refractivity contribution in [2.75, 3.05) is 6.61 Å². The summed E-state index contributed by atoms with van der Waals surface area (Å²) in [6, 6.07) is 0. The largest absolute Gasteiger partial charge is 0.439 e. The Morgan fingerprint density at radius 3 is 2.25 bits per heavy atom. The summed E-state index contributed by atoms with van der Waals surface area (Å²) in [5.74, 6) is 0. The molecule has 74 valence electrons. The monoisotopic (exact) mass is 206 g/mol. The Hall–Kier alpha value is 0.354. The lowest BCUT2D eigenvalue weighted by Gasteiger charge is -2.25. The van der Waals surface area contributed by atoms with Gasteiger partial charge in [0.2, 0.25) is 0 Å². The van der Waals surface area contributed by atoms with Crippen molar-refractivity contribution in [1.82, 2.24) is 0 Å². The minimum Gasteiger partial charge on any atom is -0.439 e. The zero-order valence-electron chi connectivity index (χ0n) is 9.02. The molecule has 0 aliphatic carbocycles.